The van der Waals surface area contributed by atoms with E-state index in [0.717, 1.165) is 5.56 Å². The minimum atomic E-state index is -0.591. The van der Waals surface area contributed by atoms with Crippen molar-refractivity contribution in [1.82, 2.24) is 9.97 Å². The summed E-state index contributed by atoms with van der Waals surface area (Å²) in [5.41, 5.74) is 7.09. The van der Waals surface area contributed by atoms with Crippen LogP contribution in [0.2, 0.25) is 0 Å². The lowest BCUT2D eigenvalue weighted by Crippen LogP contribution is -2.45. The van der Waals surface area contributed by atoms with Crippen LogP contribution in [0.15, 0.2) is 42.7 Å². The van der Waals surface area contributed by atoms with Crippen LogP contribution in [0.3, 0.4) is 0 Å². The summed E-state index contributed by atoms with van der Waals surface area (Å²) in [6.45, 7) is 5.77. The largest absolute Gasteiger partial charge is 0.322 e. The number of hydrogen-bond acceptors (Lipinski definition) is 4. The van der Waals surface area contributed by atoms with E-state index in [2.05, 4.69) is 15.3 Å². The number of nitrogens with two attached hydrogens (primary N) is 1. The molecule has 118 valence electrons. The molecule has 1 atom stereocenters. The van der Waals surface area contributed by atoms with Gasteiger partial charge in [0.1, 0.15) is 0 Å². The van der Waals surface area contributed by atoms with Gasteiger partial charge in [-0.25, -0.2) is 9.97 Å². The fourth-order valence-electron chi connectivity index (χ4n) is 1.74. The van der Waals surface area contributed by atoms with E-state index in [4.69, 9.17) is 5.73 Å². The van der Waals surface area contributed by atoms with E-state index in [-0.39, 0.29) is 23.7 Å². The Bertz CT molecular complexity index is 608. The number of benzene rings is 1. The zero-order chi connectivity index (χ0) is 15.5. The van der Waals surface area contributed by atoms with E-state index in [1.165, 1.54) is 0 Å². The maximum Gasteiger partial charge on any atom is 0.241 e. The van der Waals surface area contributed by atoms with Crippen LogP contribution in [0.25, 0.3) is 11.4 Å². The summed E-state index contributed by atoms with van der Waals surface area (Å²) >= 11 is 0. The predicted octanol–water partition coefficient (Wildman–Crippen LogP) is 2.88. The molecule has 3 N–H and O–H groups in total. The third kappa shape index (κ3) is 4.51. The number of halogens is 1. The molecule has 0 unspecified atom stereocenters. The molecule has 22 heavy (non-hydrogen) atoms. The summed E-state index contributed by atoms with van der Waals surface area (Å²) in [5.74, 6) is 0.382. The summed E-state index contributed by atoms with van der Waals surface area (Å²) in [4.78, 5) is 20.5. The molecule has 0 spiro atoms. The number of amides is 1. The van der Waals surface area contributed by atoms with Gasteiger partial charge in [-0.15, -0.1) is 12.4 Å². The molecule has 1 amide bonds. The van der Waals surface area contributed by atoms with Gasteiger partial charge in [-0.2, -0.15) is 0 Å². The second-order valence-electron chi connectivity index (χ2n) is 5.99. The molecule has 1 heterocycles. The van der Waals surface area contributed by atoms with Crippen molar-refractivity contribution in [2.45, 2.75) is 26.8 Å². The molecule has 6 heteroatoms. The van der Waals surface area contributed by atoms with E-state index >= 15 is 0 Å². The molecule has 2 rings (SSSR count). The average Bonchev–Trinajstić information content (AvgIpc) is 2.47. The number of hydrogen-bond donors (Lipinski definition) is 2. The Hall–Kier alpha value is -1.98. The maximum absolute atomic E-state index is 12.0. The first kappa shape index (κ1) is 18.1. The Kier molecular flexibility index (Phi) is 6.02. The number of nitrogens with zero attached hydrogens (tertiary/aromatic N) is 2. The normalized spacial score (nSPS) is 12.2. The standard InChI is InChI=1S/C16H20N4O.ClH/c1-16(2,3)13(17)15(21)20-12-9-18-14(19-10-12)11-7-5-4-6-8-11;/h4-10,13H,17H2,1-3H3,(H,20,21);1H/t13-;/m1./s1. The van der Waals surface area contributed by atoms with Crippen LogP contribution in [-0.4, -0.2) is 21.9 Å². The minimum Gasteiger partial charge on any atom is -0.322 e. The zero-order valence-corrected chi connectivity index (χ0v) is 13.7. The SMILES string of the molecule is CC(C)(C)[C@H](N)C(=O)Nc1cnc(-c2ccccc2)nc1.Cl. The van der Waals surface area contributed by atoms with Crippen LogP contribution in [0.4, 0.5) is 5.69 Å². The number of anilines is 1. The van der Waals surface area contributed by atoms with Crippen molar-refractivity contribution >= 4 is 24.0 Å². The van der Waals surface area contributed by atoms with Crippen molar-refractivity contribution in [3.63, 3.8) is 0 Å². The lowest BCUT2D eigenvalue weighted by atomic mass is 9.87. The average molecular weight is 321 g/mol. The summed E-state index contributed by atoms with van der Waals surface area (Å²) < 4.78 is 0. The highest BCUT2D eigenvalue weighted by Crippen LogP contribution is 2.19. The second kappa shape index (κ2) is 7.33. The first-order chi connectivity index (χ1) is 9.88. The third-order valence-electron chi connectivity index (χ3n) is 3.17. The molecule has 0 saturated carbocycles. The predicted molar refractivity (Wildman–Crippen MR) is 90.8 cm³/mol. The van der Waals surface area contributed by atoms with Crippen molar-refractivity contribution in [1.29, 1.82) is 0 Å². The van der Waals surface area contributed by atoms with Crippen LogP contribution in [0.1, 0.15) is 20.8 Å². The Morgan fingerprint density at radius 3 is 2.18 bits per heavy atom. The van der Waals surface area contributed by atoms with Gasteiger partial charge in [-0.1, -0.05) is 51.1 Å². The highest BCUT2D eigenvalue weighted by Gasteiger charge is 2.27. The van der Waals surface area contributed by atoms with Crippen LogP contribution < -0.4 is 11.1 Å². The van der Waals surface area contributed by atoms with Gasteiger partial charge in [0.05, 0.1) is 24.1 Å². The van der Waals surface area contributed by atoms with Gasteiger partial charge in [-0.3, -0.25) is 4.79 Å². The van der Waals surface area contributed by atoms with Crippen molar-refractivity contribution in [2.24, 2.45) is 11.1 Å². The van der Waals surface area contributed by atoms with Crippen molar-refractivity contribution in [3.8, 4) is 11.4 Å². The molecular weight excluding hydrogens is 300 g/mol. The monoisotopic (exact) mass is 320 g/mol. The Morgan fingerprint density at radius 2 is 1.68 bits per heavy atom. The highest BCUT2D eigenvalue weighted by atomic mass is 35.5. The number of carbonyl (C=O) groups is 1. The van der Waals surface area contributed by atoms with Gasteiger partial charge in [0.25, 0.3) is 0 Å². The number of rotatable bonds is 3. The summed E-state index contributed by atoms with van der Waals surface area (Å²) in [6.07, 6.45) is 3.17. The molecule has 0 bridgehead atoms. The van der Waals surface area contributed by atoms with E-state index in [1.54, 1.807) is 12.4 Å². The van der Waals surface area contributed by atoms with Crippen molar-refractivity contribution < 1.29 is 4.79 Å². The number of carbonyl (C=O) groups excluding carboxylic acids is 1. The molecule has 0 aliphatic rings. The molecule has 5 nitrogen and oxygen atoms in total. The second-order valence-corrected chi connectivity index (χ2v) is 5.99. The molecule has 0 aliphatic carbocycles. The molecule has 1 aromatic heterocycles. The highest BCUT2D eigenvalue weighted by molar-refractivity contribution is 5.95. The summed E-state index contributed by atoms with van der Waals surface area (Å²) in [6, 6.07) is 9.07. The Balaban J connectivity index is 0.00000242. The van der Waals surface area contributed by atoms with Gasteiger partial charge >= 0.3 is 0 Å². The van der Waals surface area contributed by atoms with Gasteiger partial charge in [0.15, 0.2) is 5.82 Å². The van der Waals surface area contributed by atoms with Crippen molar-refractivity contribution in [3.05, 3.63) is 42.7 Å². The first-order valence-electron chi connectivity index (χ1n) is 6.82. The van der Waals surface area contributed by atoms with E-state index in [0.29, 0.717) is 11.5 Å². The van der Waals surface area contributed by atoms with E-state index < -0.39 is 6.04 Å². The van der Waals surface area contributed by atoms with Crippen LogP contribution in [0.5, 0.6) is 0 Å². The van der Waals surface area contributed by atoms with Crippen LogP contribution >= 0.6 is 12.4 Å². The quantitative estimate of drug-likeness (QED) is 0.911. The van der Waals surface area contributed by atoms with Crippen LogP contribution in [-0.2, 0) is 4.79 Å². The molecule has 0 radical (unpaired) electrons. The zero-order valence-electron chi connectivity index (χ0n) is 12.9. The third-order valence-corrected chi connectivity index (χ3v) is 3.17. The van der Waals surface area contributed by atoms with Gasteiger partial charge in [0, 0.05) is 5.56 Å². The Labute approximate surface area is 136 Å². The molecule has 1 aromatic carbocycles. The van der Waals surface area contributed by atoms with Gasteiger partial charge in [-0.05, 0) is 5.41 Å². The lowest BCUT2D eigenvalue weighted by Gasteiger charge is -2.25. The molecule has 0 aliphatic heterocycles. The van der Waals surface area contributed by atoms with Crippen LogP contribution in [0, 0.1) is 5.41 Å². The minimum absolute atomic E-state index is 0. The fraction of sp³-hybridized carbons (Fsp3) is 0.312. The Morgan fingerprint density at radius 1 is 1.14 bits per heavy atom. The fourth-order valence-corrected chi connectivity index (χ4v) is 1.74. The first-order valence-corrected chi connectivity index (χ1v) is 6.82. The topological polar surface area (TPSA) is 80.9 Å². The number of aromatic nitrogens is 2. The van der Waals surface area contributed by atoms with Gasteiger partial charge in [0.2, 0.25) is 5.91 Å². The molecular formula is C16H21ClN4O. The molecule has 0 saturated heterocycles. The van der Waals surface area contributed by atoms with Gasteiger partial charge < -0.3 is 11.1 Å². The molecule has 2 aromatic rings. The smallest absolute Gasteiger partial charge is 0.241 e. The van der Waals surface area contributed by atoms with E-state index in [1.807, 2.05) is 51.1 Å². The summed E-state index contributed by atoms with van der Waals surface area (Å²) in [5, 5.41) is 2.74. The lowest BCUT2D eigenvalue weighted by molar-refractivity contribution is -0.119. The number of nitrogens with one attached hydrogen (secondary N) is 1. The van der Waals surface area contributed by atoms with E-state index in [9.17, 15) is 4.79 Å². The molecule has 0 fully saturated rings. The van der Waals surface area contributed by atoms with Crippen molar-refractivity contribution in [2.75, 3.05) is 5.32 Å². The summed E-state index contributed by atoms with van der Waals surface area (Å²) in [7, 11) is 0. The maximum atomic E-state index is 12.0.